The highest BCUT2D eigenvalue weighted by Gasteiger charge is 2.20. The van der Waals surface area contributed by atoms with Gasteiger partial charge in [0.2, 0.25) is 0 Å². The molecular formula is C12H24O3. The Morgan fingerprint density at radius 3 is 2.00 bits per heavy atom. The summed E-state index contributed by atoms with van der Waals surface area (Å²) in [7, 11) is 0. The lowest BCUT2D eigenvalue weighted by Crippen LogP contribution is -2.21. The van der Waals surface area contributed by atoms with Gasteiger partial charge < -0.3 is 9.47 Å². The molecule has 0 aromatic carbocycles. The van der Waals surface area contributed by atoms with Gasteiger partial charge in [-0.25, -0.2) is 0 Å². The third-order valence-electron chi connectivity index (χ3n) is 2.03. The number of Topliss-reactive ketones (excluding diaryl/α,β-unsaturated/α-hetero) is 1. The van der Waals surface area contributed by atoms with Gasteiger partial charge in [-0.15, -0.1) is 0 Å². The second-order valence-electron chi connectivity index (χ2n) is 4.65. The molecule has 0 saturated heterocycles. The highest BCUT2D eigenvalue weighted by atomic mass is 16.5. The Kier molecular flexibility index (Phi) is 7.61. The lowest BCUT2D eigenvalue weighted by Gasteiger charge is -2.16. The Labute approximate surface area is 93.1 Å². The fraction of sp³-hybridized carbons (Fsp3) is 0.917. The van der Waals surface area contributed by atoms with Crippen LogP contribution in [0.3, 0.4) is 0 Å². The molecule has 0 aromatic rings. The van der Waals surface area contributed by atoms with E-state index < -0.39 is 0 Å². The van der Waals surface area contributed by atoms with Crippen LogP contribution in [0.5, 0.6) is 0 Å². The van der Waals surface area contributed by atoms with Crippen molar-refractivity contribution in [2.45, 2.75) is 40.5 Å². The first-order valence-corrected chi connectivity index (χ1v) is 5.67. The Morgan fingerprint density at radius 2 is 1.53 bits per heavy atom. The van der Waals surface area contributed by atoms with Crippen molar-refractivity contribution in [2.75, 3.05) is 26.4 Å². The van der Waals surface area contributed by atoms with Gasteiger partial charge >= 0.3 is 0 Å². The van der Waals surface area contributed by atoms with Gasteiger partial charge in [0.1, 0.15) is 5.78 Å². The topological polar surface area (TPSA) is 35.5 Å². The summed E-state index contributed by atoms with van der Waals surface area (Å²) < 4.78 is 10.5. The first kappa shape index (κ1) is 14.6. The standard InChI is InChI=1S/C12H24O3/c1-5-7-14-9-10-15-8-6-11(13)12(2,3)4/h5-10H2,1-4H3. The van der Waals surface area contributed by atoms with Gasteiger partial charge in [0, 0.05) is 18.4 Å². The van der Waals surface area contributed by atoms with Crippen molar-refractivity contribution in [2.24, 2.45) is 5.41 Å². The fourth-order valence-electron chi connectivity index (χ4n) is 1.01. The minimum Gasteiger partial charge on any atom is -0.379 e. The molecule has 0 unspecified atom stereocenters. The van der Waals surface area contributed by atoms with Crippen LogP contribution < -0.4 is 0 Å². The minimum absolute atomic E-state index is 0.247. The van der Waals surface area contributed by atoms with Crippen molar-refractivity contribution in [3.63, 3.8) is 0 Å². The molecule has 3 nitrogen and oxygen atoms in total. The number of rotatable bonds is 8. The van der Waals surface area contributed by atoms with Crippen LogP contribution in [0, 0.1) is 5.41 Å². The summed E-state index contributed by atoms with van der Waals surface area (Å²) in [5.41, 5.74) is -0.248. The maximum Gasteiger partial charge on any atom is 0.140 e. The average Bonchev–Trinajstić information content (AvgIpc) is 2.14. The van der Waals surface area contributed by atoms with Gasteiger partial charge in [-0.05, 0) is 6.42 Å². The number of carbonyl (C=O) groups is 1. The van der Waals surface area contributed by atoms with Crippen LogP contribution in [0.2, 0.25) is 0 Å². The van der Waals surface area contributed by atoms with Gasteiger partial charge in [0.05, 0.1) is 19.8 Å². The maximum atomic E-state index is 11.5. The smallest absolute Gasteiger partial charge is 0.140 e. The molecule has 0 spiro atoms. The van der Waals surface area contributed by atoms with E-state index in [-0.39, 0.29) is 11.2 Å². The van der Waals surface area contributed by atoms with Gasteiger partial charge in [0.15, 0.2) is 0 Å². The summed E-state index contributed by atoms with van der Waals surface area (Å²) in [6.45, 7) is 10.4. The SMILES string of the molecule is CCCOCCOCCC(=O)C(C)(C)C. The van der Waals surface area contributed by atoms with E-state index in [4.69, 9.17) is 9.47 Å². The second-order valence-corrected chi connectivity index (χ2v) is 4.65. The molecule has 0 amide bonds. The van der Waals surface area contributed by atoms with Crippen LogP contribution in [0.15, 0.2) is 0 Å². The Hall–Kier alpha value is -0.410. The van der Waals surface area contributed by atoms with Crippen LogP contribution in [0.1, 0.15) is 40.5 Å². The van der Waals surface area contributed by atoms with Gasteiger partial charge in [0.25, 0.3) is 0 Å². The molecule has 90 valence electrons. The molecule has 0 bridgehead atoms. The molecule has 3 heteroatoms. The van der Waals surface area contributed by atoms with Gasteiger partial charge in [-0.2, -0.15) is 0 Å². The van der Waals surface area contributed by atoms with E-state index in [2.05, 4.69) is 6.92 Å². The molecule has 0 aliphatic heterocycles. The quantitative estimate of drug-likeness (QED) is 0.585. The maximum absolute atomic E-state index is 11.5. The lowest BCUT2D eigenvalue weighted by atomic mass is 9.89. The van der Waals surface area contributed by atoms with Gasteiger partial charge in [-0.3, -0.25) is 4.79 Å². The van der Waals surface area contributed by atoms with Crippen molar-refractivity contribution in [3.05, 3.63) is 0 Å². The second kappa shape index (κ2) is 7.83. The van der Waals surface area contributed by atoms with E-state index in [0.29, 0.717) is 26.2 Å². The van der Waals surface area contributed by atoms with E-state index in [9.17, 15) is 4.79 Å². The molecule has 0 aliphatic carbocycles. The summed E-state index contributed by atoms with van der Waals surface area (Å²) in [4.78, 5) is 11.5. The third-order valence-corrected chi connectivity index (χ3v) is 2.03. The summed E-state index contributed by atoms with van der Waals surface area (Å²) in [5, 5.41) is 0. The number of hydrogen-bond acceptors (Lipinski definition) is 3. The molecule has 0 heterocycles. The molecule has 0 N–H and O–H groups in total. The Balaban J connectivity index is 3.28. The van der Waals surface area contributed by atoms with Crippen LogP contribution in [0.25, 0.3) is 0 Å². The first-order valence-electron chi connectivity index (χ1n) is 5.67. The van der Waals surface area contributed by atoms with E-state index in [1.54, 1.807) is 0 Å². The molecule has 0 atom stereocenters. The highest BCUT2D eigenvalue weighted by Crippen LogP contribution is 2.16. The van der Waals surface area contributed by atoms with Crippen molar-refractivity contribution in [3.8, 4) is 0 Å². The summed E-state index contributed by atoms with van der Waals surface area (Å²) in [6, 6.07) is 0. The molecule has 0 aromatic heterocycles. The number of hydrogen-bond donors (Lipinski definition) is 0. The normalized spacial score (nSPS) is 11.7. The predicted octanol–water partition coefficient (Wildman–Crippen LogP) is 2.43. The molecule has 0 saturated carbocycles. The molecular weight excluding hydrogens is 192 g/mol. The summed E-state index contributed by atoms with van der Waals surface area (Å²) in [6.07, 6.45) is 1.53. The highest BCUT2D eigenvalue weighted by molar-refractivity contribution is 5.83. The van der Waals surface area contributed by atoms with E-state index in [1.165, 1.54) is 0 Å². The van der Waals surface area contributed by atoms with E-state index in [1.807, 2.05) is 20.8 Å². The molecule has 0 radical (unpaired) electrons. The van der Waals surface area contributed by atoms with Crippen molar-refractivity contribution < 1.29 is 14.3 Å². The Bertz CT molecular complexity index is 170. The Morgan fingerprint density at radius 1 is 1.00 bits per heavy atom. The molecule has 0 rings (SSSR count). The van der Waals surface area contributed by atoms with Crippen LogP contribution >= 0.6 is 0 Å². The van der Waals surface area contributed by atoms with Crippen LogP contribution in [0.4, 0.5) is 0 Å². The minimum atomic E-state index is -0.248. The fourth-order valence-corrected chi connectivity index (χ4v) is 1.01. The zero-order chi connectivity index (χ0) is 11.7. The largest absolute Gasteiger partial charge is 0.379 e. The zero-order valence-electron chi connectivity index (χ0n) is 10.5. The first-order chi connectivity index (χ1) is 6.98. The van der Waals surface area contributed by atoms with Crippen molar-refractivity contribution in [1.82, 2.24) is 0 Å². The van der Waals surface area contributed by atoms with E-state index in [0.717, 1.165) is 13.0 Å². The monoisotopic (exact) mass is 216 g/mol. The zero-order valence-corrected chi connectivity index (χ0v) is 10.5. The predicted molar refractivity (Wildman–Crippen MR) is 61.0 cm³/mol. The van der Waals surface area contributed by atoms with Crippen molar-refractivity contribution >= 4 is 5.78 Å². The molecule has 0 fully saturated rings. The average molecular weight is 216 g/mol. The molecule has 0 aliphatic rings. The van der Waals surface area contributed by atoms with Crippen LogP contribution in [-0.4, -0.2) is 32.2 Å². The summed E-state index contributed by atoms with van der Waals surface area (Å²) >= 11 is 0. The van der Waals surface area contributed by atoms with Crippen LogP contribution in [-0.2, 0) is 14.3 Å². The number of ether oxygens (including phenoxy) is 2. The lowest BCUT2D eigenvalue weighted by molar-refractivity contribution is -0.127. The number of ketones is 1. The number of carbonyl (C=O) groups excluding carboxylic acids is 1. The molecule has 15 heavy (non-hydrogen) atoms. The van der Waals surface area contributed by atoms with E-state index >= 15 is 0 Å². The summed E-state index contributed by atoms with van der Waals surface area (Å²) in [5.74, 6) is 0.247. The van der Waals surface area contributed by atoms with Crippen molar-refractivity contribution in [1.29, 1.82) is 0 Å². The third kappa shape index (κ3) is 8.58. The van der Waals surface area contributed by atoms with Gasteiger partial charge in [-0.1, -0.05) is 27.7 Å².